The highest BCUT2D eigenvalue weighted by Gasteiger charge is 2.33. The number of thiazole rings is 1. The lowest BCUT2D eigenvalue weighted by Gasteiger charge is -2.25. The van der Waals surface area contributed by atoms with Crippen LogP contribution in [0.25, 0.3) is 16.8 Å². The van der Waals surface area contributed by atoms with E-state index in [-0.39, 0.29) is 18.8 Å². The quantitative estimate of drug-likeness (QED) is 0.207. The Hall–Kier alpha value is -4.01. The zero-order valence-corrected chi connectivity index (χ0v) is 24.8. The highest BCUT2D eigenvalue weighted by Crippen LogP contribution is 2.32. The number of carbonyl (C=O) groups is 1. The van der Waals surface area contributed by atoms with E-state index < -0.39 is 12.0 Å². The van der Waals surface area contributed by atoms with Crippen LogP contribution in [0, 0.1) is 0 Å². The van der Waals surface area contributed by atoms with E-state index in [1.54, 1.807) is 18.6 Å². The van der Waals surface area contributed by atoms with Crippen LogP contribution in [0.5, 0.6) is 5.75 Å². The van der Waals surface area contributed by atoms with E-state index in [1.807, 2.05) is 73.7 Å². The first-order valence-electron chi connectivity index (χ1n) is 13.8. The standard InChI is InChI=1S/C33H34N2O5S/c1-6-39-27-16-15-23-9-7-8-10-25(23)26(27)19-28-31(36)35-30(24-13-11-22(12-14-24)20(2)3)29(21(4)34-33(35)41-28)32(37)40-18-17-38-5/h7-16,19-20,30H,6,17-18H2,1-5H3. The lowest BCUT2D eigenvalue weighted by Crippen LogP contribution is -2.40. The van der Waals surface area contributed by atoms with Gasteiger partial charge in [0.1, 0.15) is 12.4 Å². The number of allylic oxidation sites excluding steroid dienone is 1. The van der Waals surface area contributed by atoms with Crippen molar-refractivity contribution in [1.82, 2.24) is 4.57 Å². The predicted molar refractivity (Wildman–Crippen MR) is 162 cm³/mol. The molecule has 0 N–H and O–H groups in total. The zero-order chi connectivity index (χ0) is 29.1. The Morgan fingerprint density at radius 3 is 2.54 bits per heavy atom. The fourth-order valence-corrected chi connectivity index (χ4v) is 6.12. The van der Waals surface area contributed by atoms with Gasteiger partial charge >= 0.3 is 5.97 Å². The van der Waals surface area contributed by atoms with Crippen molar-refractivity contribution in [3.63, 3.8) is 0 Å². The maximum absolute atomic E-state index is 14.2. The second kappa shape index (κ2) is 12.2. The summed E-state index contributed by atoms with van der Waals surface area (Å²) in [6.45, 7) is 8.87. The Bertz CT molecular complexity index is 1800. The summed E-state index contributed by atoms with van der Waals surface area (Å²) < 4.78 is 18.7. The van der Waals surface area contributed by atoms with Gasteiger partial charge in [0.15, 0.2) is 4.80 Å². The topological polar surface area (TPSA) is 79.1 Å². The molecule has 1 aliphatic heterocycles. The van der Waals surface area contributed by atoms with Crippen LogP contribution in [0.3, 0.4) is 0 Å². The summed E-state index contributed by atoms with van der Waals surface area (Å²) in [5.74, 6) is 0.543. The fraction of sp³-hybridized carbons (Fsp3) is 0.303. The van der Waals surface area contributed by atoms with Gasteiger partial charge in [0, 0.05) is 12.7 Å². The molecule has 0 saturated heterocycles. The molecule has 1 unspecified atom stereocenters. The molecule has 0 saturated carbocycles. The number of carbonyl (C=O) groups excluding carboxylic acids is 1. The van der Waals surface area contributed by atoms with Crippen LogP contribution in [0.1, 0.15) is 56.3 Å². The van der Waals surface area contributed by atoms with Crippen molar-refractivity contribution in [2.24, 2.45) is 4.99 Å². The lowest BCUT2D eigenvalue weighted by molar-refractivity contribution is -0.140. The number of hydrogen-bond donors (Lipinski definition) is 0. The highest BCUT2D eigenvalue weighted by atomic mass is 32.1. The molecular formula is C33H34N2O5S. The third-order valence-electron chi connectivity index (χ3n) is 7.19. The van der Waals surface area contributed by atoms with Crippen LogP contribution in [0.15, 0.2) is 81.7 Å². The largest absolute Gasteiger partial charge is 0.493 e. The lowest BCUT2D eigenvalue weighted by atomic mass is 9.93. The summed E-state index contributed by atoms with van der Waals surface area (Å²) in [6, 6.07) is 19.4. The van der Waals surface area contributed by atoms with Gasteiger partial charge in [-0.2, -0.15) is 0 Å². The Kier molecular flexibility index (Phi) is 8.52. The van der Waals surface area contributed by atoms with E-state index in [0.29, 0.717) is 38.9 Å². The molecule has 1 atom stereocenters. The van der Waals surface area contributed by atoms with E-state index in [4.69, 9.17) is 19.2 Å². The molecule has 0 radical (unpaired) electrons. The summed E-state index contributed by atoms with van der Waals surface area (Å²) in [5, 5.41) is 2.04. The van der Waals surface area contributed by atoms with E-state index in [9.17, 15) is 9.59 Å². The van der Waals surface area contributed by atoms with E-state index in [2.05, 4.69) is 13.8 Å². The molecule has 7 nitrogen and oxygen atoms in total. The summed E-state index contributed by atoms with van der Waals surface area (Å²) in [5.41, 5.74) is 3.47. The molecule has 212 valence electrons. The summed E-state index contributed by atoms with van der Waals surface area (Å²) in [4.78, 5) is 32.8. The molecule has 5 rings (SSSR count). The van der Waals surface area contributed by atoms with Crippen molar-refractivity contribution < 1.29 is 19.0 Å². The summed E-state index contributed by atoms with van der Waals surface area (Å²) >= 11 is 1.30. The Labute approximate surface area is 243 Å². The van der Waals surface area contributed by atoms with Crippen LogP contribution in [-0.2, 0) is 14.3 Å². The molecular weight excluding hydrogens is 536 g/mol. The number of hydrogen-bond acceptors (Lipinski definition) is 7. The van der Waals surface area contributed by atoms with Crippen LogP contribution < -0.4 is 19.6 Å². The van der Waals surface area contributed by atoms with Crippen LogP contribution in [-0.4, -0.2) is 37.5 Å². The predicted octanol–water partition coefficient (Wildman–Crippen LogP) is 5.10. The molecule has 0 spiro atoms. The Balaban J connectivity index is 1.72. The van der Waals surface area contributed by atoms with Gasteiger partial charge in [-0.3, -0.25) is 9.36 Å². The van der Waals surface area contributed by atoms with Crippen molar-refractivity contribution in [2.75, 3.05) is 26.9 Å². The van der Waals surface area contributed by atoms with E-state index >= 15 is 0 Å². The highest BCUT2D eigenvalue weighted by molar-refractivity contribution is 7.07. The van der Waals surface area contributed by atoms with E-state index in [1.165, 1.54) is 16.9 Å². The van der Waals surface area contributed by atoms with Gasteiger partial charge < -0.3 is 14.2 Å². The first-order valence-corrected chi connectivity index (χ1v) is 14.6. The van der Waals surface area contributed by atoms with Crippen LogP contribution >= 0.6 is 11.3 Å². The third-order valence-corrected chi connectivity index (χ3v) is 8.17. The number of benzene rings is 3. The van der Waals surface area contributed by atoms with Gasteiger partial charge in [-0.25, -0.2) is 9.79 Å². The molecule has 0 fully saturated rings. The zero-order valence-electron chi connectivity index (χ0n) is 24.0. The number of aromatic nitrogens is 1. The van der Waals surface area contributed by atoms with Gasteiger partial charge in [-0.05, 0) is 53.8 Å². The second-order valence-corrected chi connectivity index (χ2v) is 11.2. The fourth-order valence-electron chi connectivity index (χ4n) is 5.09. The number of rotatable bonds is 9. The molecule has 2 heterocycles. The molecule has 0 amide bonds. The average Bonchev–Trinajstić information content (AvgIpc) is 3.27. The van der Waals surface area contributed by atoms with Crippen molar-refractivity contribution in [3.8, 4) is 5.75 Å². The minimum absolute atomic E-state index is 0.108. The maximum atomic E-state index is 14.2. The van der Waals surface area contributed by atoms with Crippen LogP contribution in [0.2, 0.25) is 0 Å². The molecule has 0 bridgehead atoms. The molecule has 4 aromatic rings. The first-order chi connectivity index (χ1) is 19.8. The van der Waals surface area contributed by atoms with E-state index in [0.717, 1.165) is 21.9 Å². The Morgan fingerprint density at radius 1 is 1.07 bits per heavy atom. The molecule has 3 aromatic carbocycles. The summed E-state index contributed by atoms with van der Waals surface area (Å²) in [7, 11) is 1.55. The molecule has 41 heavy (non-hydrogen) atoms. The van der Waals surface area contributed by atoms with Crippen molar-refractivity contribution in [2.45, 2.75) is 39.7 Å². The molecule has 0 aliphatic carbocycles. The number of esters is 1. The number of methoxy groups -OCH3 is 1. The van der Waals surface area contributed by atoms with Crippen molar-refractivity contribution in [3.05, 3.63) is 108 Å². The number of fused-ring (bicyclic) bond motifs is 2. The smallest absolute Gasteiger partial charge is 0.338 e. The SMILES string of the molecule is CCOc1ccc2ccccc2c1C=c1sc2n(c1=O)C(c1ccc(C(C)C)cc1)C(C(=O)OCCOC)=C(C)N=2. The van der Waals surface area contributed by atoms with Crippen molar-refractivity contribution in [1.29, 1.82) is 0 Å². The number of ether oxygens (including phenoxy) is 3. The maximum Gasteiger partial charge on any atom is 0.338 e. The van der Waals surface area contributed by atoms with Gasteiger partial charge in [-0.1, -0.05) is 79.8 Å². The molecule has 1 aromatic heterocycles. The summed E-state index contributed by atoms with van der Waals surface area (Å²) in [6.07, 6.45) is 1.88. The first kappa shape index (κ1) is 28.5. The number of nitrogens with zero attached hydrogens (tertiary/aromatic N) is 2. The monoisotopic (exact) mass is 570 g/mol. The second-order valence-electron chi connectivity index (χ2n) is 10.2. The van der Waals surface area contributed by atoms with Gasteiger partial charge in [0.2, 0.25) is 0 Å². The molecule has 8 heteroatoms. The van der Waals surface area contributed by atoms with Gasteiger partial charge in [0.25, 0.3) is 5.56 Å². The Morgan fingerprint density at radius 2 is 1.83 bits per heavy atom. The minimum Gasteiger partial charge on any atom is -0.493 e. The van der Waals surface area contributed by atoms with Crippen molar-refractivity contribution >= 4 is 34.2 Å². The van der Waals surface area contributed by atoms with Crippen LogP contribution in [0.4, 0.5) is 0 Å². The minimum atomic E-state index is -0.677. The average molecular weight is 571 g/mol. The molecule has 1 aliphatic rings. The van der Waals surface area contributed by atoms with Gasteiger partial charge in [0.05, 0.1) is 35.1 Å². The van der Waals surface area contributed by atoms with Gasteiger partial charge in [-0.15, -0.1) is 0 Å². The third kappa shape index (κ3) is 5.62. The normalized spacial score (nSPS) is 15.3.